The molecule has 2 aromatic rings. The summed E-state index contributed by atoms with van der Waals surface area (Å²) in [6.07, 6.45) is 5.15. The molecule has 1 aromatic carbocycles. The summed E-state index contributed by atoms with van der Waals surface area (Å²) in [7, 11) is 2.05. The lowest BCUT2D eigenvalue weighted by Crippen LogP contribution is -1.92. The molecular weight excluding hydrogens is 280 g/mol. The number of aromatic nitrogens is 1. The molecule has 0 aliphatic heterocycles. The summed E-state index contributed by atoms with van der Waals surface area (Å²) in [5, 5.41) is 0. The highest BCUT2D eigenvalue weighted by atomic mass is 14.9. The standard InChI is InChI=1S/C21H26N2/c1-14(2)21-11-18(13-23(21)6)9-16(4)17(5)10-19-12-20(22)8-7-15(19)3/h7-8,10-13H,1,4,9,22H2,2-3,5-6H3/b17-10+. The van der Waals surface area contributed by atoms with Crippen LogP contribution in [-0.4, -0.2) is 4.57 Å². The molecule has 1 heterocycles. The number of aryl methyl sites for hydroxylation is 2. The van der Waals surface area contributed by atoms with Gasteiger partial charge in [0.1, 0.15) is 0 Å². The van der Waals surface area contributed by atoms with Gasteiger partial charge in [-0.3, -0.25) is 0 Å². The maximum Gasteiger partial charge on any atom is 0.0430 e. The molecule has 0 fully saturated rings. The van der Waals surface area contributed by atoms with Gasteiger partial charge in [-0.05, 0) is 78.8 Å². The summed E-state index contributed by atoms with van der Waals surface area (Å²) < 4.78 is 2.12. The molecule has 0 bridgehead atoms. The largest absolute Gasteiger partial charge is 0.399 e. The van der Waals surface area contributed by atoms with E-state index in [-0.39, 0.29) is 0 Å². The fraction of sp³-hybridized carbons (Fsp3) is 0.238. The Balaban J connectivity index is 2.20. The minimum Gasteiger partial charge on any atom is -0.399 e. The van der Waals surface area contributed by atoms with Crippen LogP contribution in [0, 0.1) is 6.92 Å². The summed E-state index contributed by atoms with van der Waals surface area (Å²) >= 11 is 0. The molecular formula is C21H26N2. The third-order valence-corrected chi connectivity index (χ3v) is 4.15. The van der Waals surface area contributed by atoms with Crippen molar-refractivity contribution in [2.45, 2.75) is 27.2 Å². The number of allylic oxidation sites excluding steroid dienone is 3. The third kappa shape index (κ3) is 4.04. The third-order valence-electron chi connectivity index (χ3n) is 4.15. The molecule has 2 rings (SSSR count). The van der Waals surface area contributed by atoms with Crippen LogP contribution in [0.25, 0.3) is 11.6 Å². The number of benzene rings is 1. The Hall–Kier alpha value is -2.48. The number of anilines is 1. The molecule has 0 saturated carbocycles. The Morgan fingerprint density at radius 1 is 1.22 bits per heavy atom. The number of rotatable bonds is 5. The van der Waals surface area contributed by atoms with Crippen LogP contribution < -0.4 is 5.73 Å². The van der Waals surface area contributed by atoms with Crippen molar-refractivity contribution < 1.29 is 0 Å². The Labute approximate surface area is 139 Å². The molecule has 2 nitrogen and oxygen atoms in total. The first-order chi connectivity index (χ1) is 10.8. The van der Waals surface area contributed by atoms with E-state index in [1.165, 1.54) is 22.4 Å². The SMILES string of the molecule is C=C(Cc1cc(C(=C)C)n(C)c1)/C(C)=C/c1cc(N)ccc1C. The van der Waals surface area contributed by atoms with Crippen LogP contribution in [0.4, 0.5) is 5.69 Å². The van der Waals surface area contributed by atoms with Crippen LogP contribution in [0.5, 0.6) is 0 Å². The second kappa shape index (κ2) is 6.74. The smallest absolute Gasteiger partial charge is 0.0430 e. The number of nitrogens with zero attached hydrogens (tertiary/aromatic N) is 1. The van der Waals surface area contributed by atoms with Crippen LogP contribution in [0.15, 0.2) is 54.8 Å². The van der Waals surface area contributed by atoms with Crippen molar-refractivity contribution in [2.75, 3.05) is 5.73 Å². The second-order valence-corrected chi connectivity index (χ2v) is 6.35. The molecule has 2 N–H and O–H groups in total. The van der Waals surface area contributed by atoms with Gasteiger partial charge in [0, 0.05) is 24.6 Å². The molecule has 0 aliphatic carbocycles. The van der Waals surface area contributed by atoms with E-state index in [0.717, 1.165) is 28.8 Å². The normalized spacial score (nSPS) is 11.6. The van der Waals surface area contributed by atoms with Crippen molar-refractivity contribution in [2.24, 2.45) is 7.05 Å². The number of nitrogens with two attached hydrogens (primary N) is 1. The van der Waals surface area contributed by atoms with Crippen molar-refractivity contribution in [1.82, 2.24) is 4.57 Å². The Morgan fingerprint density at radius 3 is 2.52 bits per heavy atom. The zero-order chi connectivity index (χ0) is 17.1. The first-order valence-electron chi connectivity index (χ1n) is 7.81. The Kier molecular flexibility index (Phi) is 4.95. The molecule has 2 heteroatoms. The molecule has 23 heavy (non-hydrogen) atoms. The van der Waals surface area contributed by atoms with Crippen molar-refractivity contribution in [3.8, 4) is 0 Å². The van der Waals surface area contributed by atoms with Gasteiger partial charge in [0.05, 0.1) is 0 Å². The minimum atomic E-state index is 0.787. The van der Waals surface area contributed by atoms with E-state index in [1.54, 1.807) is 0 Å². The van der Waals surface area contributed by atoms with E-state index in [1.807, 2.05) is 25.1 Å². The molecule has 120 valence electrons. The van der Waals surface area contributed by atoms with Gasteiger partial charge in [-0.2, -0.15) is 0 Å². The summed E-state index contributed by atoms with van der Waals surface area (Å²) in [6, 6.07) is 8.17. The first-order valence-corrected chi connectivity index (χ1v) is 7.81. The van der Waals surface area contributed by atoms with E-state index < -0.39 is 0 Å². The Bertz CT molecular complexity index is 788. The van der Waals surface area contributed by atoms with E-state index in [0.29, 0.717) is 0 Å². The zero-order valence-corrected chi connectivity index (χ0v) is 14.6. The van der Waals surface area contributed by atoms with E-state index in [4.69, 9.17) is 5.73 Å². The highest BCUT2D eigenvalue weighted by molar-refractivity contribution is 5.64. The van der Waals surface area contributed by atoms with Gasteiger partial charge in [-0.25, -0.2) is 0 Å². The van der Waals surface area contributed by atoms with Gasteiger partial charge < -0.3 is 10.3 Å². The van der Waals surface area contributed by atoms with Crippen LogP contribution in [0.2, 0.25) is 0 Å². The summed E-state index contributed by atoms with van der Waals surface area (Å²) in [5.41, 5.74) is 14.8. The molecule has 0 atom stereocenters. The van der Waals surface area contributed by atoms with Crippen molar-refractivity contribution in [1.29, 1.82) is 0 Å². The van der Waals surface area contributed by atoms with Crippen molar-refractivity contribution in [3.63, 3.8) is 0 Å². The van der Waals surface area contributed by atoms with Gasteiger partial charge in [-0.1, -0.05) is 25.3 Å². The fourth-order valence-corrected chi connectivity index (χ4v) is 2.69. The van der Waals surface area contributed by atoms with Gasteiger partial charge in [0.2, 0.25) is 0 Å². The van der Waals surface area contributed by atoms with Gasteiger partial charge in [-0.15, -0.1) is 0 Å². The second-order valence-electron chi connectivity index (χ2n) is 6.35. The minimum absolute atomic E-state index is 0.787. The Morgan fingerprint density at radius 2 is 1.91 bits per heavy atom. The van der Waals surface area contributed by atoms with Crippen molar-refractivity contribution >= 4 is 17.3 Å². The number of hydrogen-bond acceptors (Lipinski definition) is 1. The zero-order valence-electron chi connectivity index (χ0n) is 14.6. The van der Waals surface area contributed by atoms with E-state index in [9.17, 15) is 0 Å². The lowest BCUT2D eigenvalue weighted by Gasteiger charge is -2.08. The predicted octanol–water partition coefficient (Wildman–Crippen LogP) is 5.15. The molecule has 0 unspecified atom stereocenters. The highest BCUT2D eigenvalue weighted by Gasteiger charge is 2.07. The maximum absolute atomic E-state index is 5.89. The van der Waals surface area contributed by atoms with Crippen molar-refractivity contribution in [3.05, 3.63) is 77.2 Å². The molecule has 0 amide bonds. The molecule has 0 radical (unpaired) electrons. The molecule has 0 aliphatic rings. The summed E-state index contributed by atoms with van der Waals surface area (Å²) in [6.45, 7) is 14.5. The maximum atomic E-state index is 5.89. The summed E-state index contributed by atoms with van der Waals surface area (Å²) in [4.78, 5) is 0. The molecule has 1 aromatic heterocycles. The first kappa shape index (κ1) is 16.9. The average Bonchev–Trinajstić information content (AvgIpc) is 2.83. The lowest BCUT2D eigenvalue weighted by atomic mass is 9.98. The number of nitrogen functional groups attached to an aromatic ring is 1. The lowest BCUT2D eigenvalue weighted by molar-refractivity contribution is 0.903. The monoisotopic (exact) mass is 306 g/mol. The van der Waals surface area contributed by atoms with E-state index in [2.05, 4.69) is 57.0 Å². The van der Waals surface area contributed by atoms with Crippen LogP contribution in [0.1, 0.15) is 36.2 Å². The fourth-order valence-electron chi connectivity index (χ4n) is 2.69. The van der Waals surface area contributed by atoms with Crippen LogP contribution in [0.3, 0.4) is 0 Å². The van der Waals surface area contributed by atoms with E-state index >= 15 is 0 Å². The van der Waals surface area contributed by atoms with Crippen LogP contribution >= 0.6 is 0 Å². The summed E-state index contributed by atoms with van der Waals surface area (Å²) in [5.74, 6) is 0. The molecule has 0 saturated heterocycles. The van der Waals surface area contributed by atoms with Gasteiger partial charge in [0.25, 0.3) is 0 Å². The van der Waals surface area contributed by atoms with Crippen LogP contribution in [-0.2, 0) is 13.5 Å². The highest BCUT2D eigenvalue weighted by Crippen LogP contribution is 2.23. The quantitative estimate of drug-likeness (QED) is 0.601. The number of hydrogen-bond donors (Lipinski definition) is 1. The average molecular weight is 306 g/mol. The van der Waals surface area contributed by atoms with Gasteiger partial charge >= 0.3 is 0 Å². The predicted molar refractivity (Wildman–Crippen MR) is 102 cm³/mol. The van der Waals surface area contributed by atoms with Gasteiger partial charge in [0.15, 0.2) is 0 Å². The topological polar surface area (TPSA) is 30.9 Å². The molecule has 0 spiro atoms.